The largest absolute Gasteiger partial charge is 0.494 e. The third-order valence-electron chi connectivity index (χ3n) is 4.82. The van der Waals surface area contributed by atoms with Gasteiger partial charge in [0.05, 0.1) is 6.61 Å². The van der Waals surface area contributed by atoms with Gasteiger partial charge in [-0.1, -0.05) is 43.0 Å². The zero-order valence-corrected chi connectivity index (χ0v) is 14.7. The van der Waals surface area contributed by atoms with Gasteiger partial charge in [0.25, 0.3) is 0 Å². The molecule has 1 aliphatic rings. The molecular formula is C23H26O. The van der Waals surface area contributed by atoms with Gasteiger partial charge in [0.1, 0.15) is 5.75 Å². The van der Waals surface area contributed by atoms with Crippen molar-refractivity contribution in [1.82, 2.24) is 0 Å². The van der Waals surface area contributed by atoms with E-state index in [4.69, 9.17) is 4.74 Å². The Balaban J connectivity index is 1.65. The second-order valence-corrected chi connectivity index (χ2v) is 6.76. The van der Waals surface area contributed by atoms with Gasteiger partial charge < -0.3 is 4.74 Å². The van der Waals surface area contributed by atoms with E-state index in [2.05, 4.69) is 55.2 Å². The van der Waals surface area contributed by atoms with Gasteiger partial charge >= 0.3 is 0 Å². The molecule has 1 nitrogen and oxygen atoms in total. The van der Waals surface area contributed by atoms with Crippen molar-refractivity contribution in [3.63, 3.8) is 0 Å². The van der Waals surface area contributed by atoms with E-state index in [-0.39, 0.29) is 0 Å². The van der Waals surface area contributed by atoms with Gasteiger partial charge in [-0.3, -0.25) is 0 Å². The van der Waals surface area contributed by atoms with Gasteiger partial charge in [-0.2, -0.15) is 0 Å². The zero-order valence-electron chi connectivity index (χ0n) is 14.7. The molecule has 1 aliphatic carbocycles. The topological polar surface area (TPSA) is 9.23 Å². The van der Waals surface area contributed by atoms with Crippen LogP contribution in [-0.2, 0) is 0 Å². The number of hydrogen-bond donors (Lipinski definition) is 0. The Bertz CT molecular complexity index is 692. The van der Waals surface area contributed by atoms with Crippen LogP contribution in [0.2, 0.25) is 0 Å². The van der Waals surface area contributed by atoms with Crippen LogP contribution in [0, 0.1) is 23.7 Å². The molecule has 1 fully saturated rings. The number of rotatable bonds is 3. The number of hydrogen-bond acceptors (Lipinski definition) is 1. The van der Waals surface area contributed by atoms with E-state index in [1.165, 1.54) is 36.8 Å². The quantitative estimate of drug-likeness (QED) is 0.637. The second-order valence-electron chi connectivity index (χ2n) is 6.76. The van der Waals surface area contributed by atoms with E-state index in [1.807, 2.05) is 19.1 Å². The van der Waals surface area contributed by atoms with Gasteiger partial charge in [-0.05, 0) is 73.9 Å². The molecule has 3 rings (SSSR count). The summed E-state index contributed by atoms with van der Waals surface area (Å²) in [6.45, 7) is 5.05. The first-order valence-corrected chi connectivity index (χ1v) is 9.09. The van der Waals surface area contributed by atoms with Crippen molar-refractivity contribution >= 4 is 0 Å². The highest BCUT2D eigenvalue weighted by atomic mass is 16.5. The van der Waals surface area contributed by atoms with Gasteiger partial charge in [-0.15, -0.1) is 0 Å². The van der Waals surface area contributed by atoms with E-state index < -0.39 is 0 Å². The SMILES string of the molecule is CCOc1ccc(-c2ccc(C#C[C@H]3CC[C@H](C)CC3)cc2)cc1. The Hall–Kier alpha value is -2.20. The molecule has 0 amide bonds. The molecule has 0 N–H and O–H groups in total. The monoisotopic (exact) mass is 318 g/mol. The van der Waals surface area contributed by atoms with Crippen molar-refractivity contribution in [3.05, 3.63) is 54.1 Å². The number of benzene rings is 2. The van der Waals surface area contributed by atoms with Crippen molar-refractivity contribution in [1.29, 1.82) is 0 Å². The zero-order chi connectivity index (χ0) is 16.8. The Kier molecular flexibility index (Phi) is 5.59. The summed E-state index contributed by atoms with van der Waals surface area (Å²) in [5.41, 5.74) is 3.54. The molecule has 0 saturated heterocycles. The summed E-state index contributed by atoms with van der Waals surface area (Å²) in [4.78, 5) is 0. The molecule has 0 bridgehead atoms. The van der Waals surface area contributed by atoms with Gasteiger partial charge in [0.15, 0.2) is 0 Å². The maximum atomic E-state index is 5.49. The average Bonchev–Trinajstić information content (AvgIpc) is 2.63. The summed E-state index contributed by atoms with van der Waals surface area (Å²) in [5.74, 6) is 9.23. The minimum Gasteiger partial charge on any atom is -0.494 e. The van der Waals surface area contributed by atoms with Crippen molar-refractivity contribution in [2.24, 2.45) is 11.8 Å². The van der Waals surface area contributed by atoms with Crippen LogP contribution in [0.1, 0.15) is 45.1 Å². The lowest BCUT2D eigenvalue weighted by molar-refractivity contribution is 0.337. The molecule has 0 radical (unpaired) electrons. The molecule has 0 aromatic heterocycles. The third-order valence-corrected chi connectivity index (χ3v) is 4.82. The summed E-state index contributed by atoms with van der Waals surface area (Å²) in [7, 11) is 0. The van der Waals surface area contributed by atoms with Gasteiger partial charge in [0, 0.05) is 11.5 Å². The van der Waals surface area contributed by atoms with Gasteiger partial charge in [0.2, 0.25) is 0 Å². The molecule has 2 aromatic rings. The lowest BCUT2D eigenvalue weighted by atomic mass is 9.83. The fraction of sp³-hybridized carbons (Fsp3) is 0.391. The molecule has 2 aromatic carbocycles. The Labute approximate surface area is 146 Å². The maximum absolute atomic E-state index is 5.49. The molecule has 0 atom stereocenters. The summed E-state index contributed by atoms with van der Waals surface area (Å²) >= 11 is 0. The Morgan fingerprint density at radius 1 is 0.875 bits per heavy atom. The fourth-order valence-electron chi connectivity index (χ4n) is 3.25. The van der Waals surface area contributed by atoms with Crippen LogP contribution in [0.25, 0.3) is 11.1 Å². The van der Waals surface area contributed by atoms with Crippen molar-refractivity contribution < 1.29 is 4.74 Å². The fourth-order valence-corrected chi connectivity index (χ4v) is 3.25. The van der Waals surface area contributed by atoms with Crippen molar-refractivity contribution in [2.75, 3.05) is 6.61 Å². The van der Waals surface area contributed by atoms with Crippen LogP contribution >= 0.6 is 0 Å². The minimum atomic E-state index is 0.590. The second kappa shape index (κ2) is 8.06. The summed E-state index contributed by atoms with van der Waals surface area (Å²) in [5, 5.41) is 0. The highest BCUT2D eigenvalue weighted by Crippen LogP contribution is 2.28. The third kappa shape index (κ3) is 4.42. The van der Waals surface area contributed by atoms with Crippen LogP contribution in [0.15, 0.2) is 48.5 Å². The van der Waals surface area contributed by atoms with Crippen LogP contribution in [-0.4, -0.2) is 6.61 Å². The van der Waals surface area contributed by atoms with E-state index in [0.717, 1.165) is 17.2 Å². The molecular weight excluding hydrogens is 292 g/mol. The molecule has 0 unspecified atom stereocenters. The molecule has 24 heavy (non-hydrogen) atoms. The van der Waals surface area contributed by atoms with E-state index in [9.17, 15) is 0 Å². The number of ether oxygens (including phenoxy) is 1. The predicted octanol–water partition coefficient (Wildman–Crippen LogP) is 5.93. The van der Waals surface area contributed by atoms with Gasteiger partial charge in [-0.25, -0.2) is 0 Å². The van der Waals surface area contributed by atoms with Crippen LogP contribution in [0.5, 0.6) is 5.75 Å². The first-order valence-electron chi connectivity index (χ1n) is 9.09. The first-order chi connectivity index (χ1) is 11.7. The van der Waals surface area contributed by atoms with Crippen molar-refractivity contribution in [3.8, 4) is 28.7 Å². The standard InChI is InChI=1S/C23H26O/c1-3-24-23-16-14-22(15-17-23)21-12-10-20(11-13-21)9-8-19-6-4-18(2)5-7-19/h10-19H,3-7H2,1-2H3/t18-,19-. The highest BCUT2D eigenvalue weighted by molar-refractivity contribution is 5.65. The summed E-state index contributed by atoms with van der Waals surface area (Å²) < 4.78 is 5.49. The lowest BCUT2D eigenvalue weighted by Gasteiger charge is -2.21. The maximum Gasteiger partial charge on any atom is 0.119 e. The Morgan fingerprint density at radius 2 is 1.46 bits per heavy atom. The van der Waals surface area contributed by atoms with E-state index in [0.29, 0.717) is 12.5 Å². The molecule has 0 heterocycles. The highest BCUT2D eigenvalue weighted by Gasteiger charge is 2.15. The first kappa shape index (κ1) is 16.7. The molecule has 1 saturated carbocycles. The average molecular weight is 318 g/mol. The van der Waals surface area contributed by atoms with Crippen LogP contribution in [0.3, 0.4) is 0 Å². The van der Waals surface area contributed by atoms with E-state index in [1.54, 1.807) is 0 Å². The molecule has 124 valence electrons. The minimum absolute atomic E-state index is 0.590. The predicted molar refractivity (Wildman–Crippen MR) is 101 cm³/mol. The smallest absolute Gasteiger partial charge is 0.119 e. The summed E-state index contributed by atoms with van der Waals surface area (Å²) in [6.07, 6.45) is 5.18. The normalized spacial score (nSPS) is 20.1. The lowest BCUT2D eigenvalue weighted by Crippen LogP contribution is -2.10. The molecule has 0 spiro atoms. The van der Waals surface area contributed by atoms with Crippen LogP contribution in [0.4, 0.5) is 0 Å². The van der Waals surface area contributed by atoms with E-state index >= 15 is 0 Å². The molecule has 1 heteroatoms. The van der Waals surface area contributed by atoms with Crippen LogP contribution < -0.4 is 4.74 Å². The summed E-state index contributed by atoms with van der Waals surface area (Å²) in [6, 6.07) is 16.8. The Morgan fingerprint density at radius 3 is 2.04 bits per heavy atom. The van der Waals surface area contributed by atoms with Crippen molar-refractivity contribution in [2.45, 2.75) is 39.5 Å². The molecule has 0 aliphatic heterocycles.